The van der Waals surface area contributed by atoms with Crippen LogP contribution in [0.15, 0.2) is 23.4 Å². The topological polar surface area (TPSA) is 68.3 Å². The molecular formula is C11H11ClN6OS. The minimum Gasteiger partial charge on any atom is -0.344 e. The van der Waals surface area contributed by atoms with E-state index in [9.17, 15) is 4.79 Å². The van der Waals surface area contributed by atoms with Gasteiger partial charge in [-0.25, -0.2) is 4.98 Å². The number of rotatable bonds is 3. The smallest absolute Gasteiger partial charge is 0.295 e. The fourth-order valence-electron chi connectivity index (χ4n) is 1.83. The molecule has 0 aliphatic heterocycles. The molecule has 9 heteroatoms. The molecule has 0 spiro atoms. The van der Waals surface area contributed by atoms with Gasteiger partial charge in [-0.1, -0.05) is 22.9 Å². The maximum atomic E-state index is 11.9. The Hall–Kier alpha value is -1.93. The molecule has 0 amide bonds. The normalized spacial score (nSPS) is 11.2. The molecule has 0 fully saturated rings. The summed E-state index contributed by atoms with van der Waals surface area (Å²) < 4.78 is 3.79. The van der Waals surface area contributed by atoms with Crippen molar-refractivity contribution in [3.63, 3.8) is 0 Å². The molecule has 104 valence electrons. The summed E-state index contributed by atoms with van der Waals surface area (Å²) in [6.07, 6.45) is 5.06. The van der Waals surface area contributed by atoms with Crippen molar-refractivity contribution < 1.29 is 0 Å². The molecule has 7 nitrogen and oxygen atoms in total. The van der Waals surface area contributed by atoms with E-state index in [0.717, 1.165) is 5.13 Å². The first-order valence-corrected chi connectivity index (χ1v) is 6.97. The van der Waals surface area contributed by atoms with Crippen molar-refractivity contribution in [1.29, 1.82) is 0 Å². The molecule has 0 aromatic carbocycles. The van der Waals surface area contributed by atoms with Gasteiger partial charge in [0.25, 0.3) is 5.56 Å². The molecule has 0 aliphatic rings. The van der Waals surface area contributed by atoms with Gasteiger partial charge in [-0.3, -0.25) is 9.20 Å². The molecule has 0 aliphatic carbocycles. The molecule has 0 radical (unpaired) electrons. The van der Waals surface area contributed by atoms with Gasteiger partial charge in [-0.15, -0.1) is 10.2 Å². The van der Waals surface area contributed by atoms with Crippen LogP contribution in [0.4, 0.5) is 5.13 Å². The lowest BCUT2D eigenvalue weighted by Crippen LogP contribution is -2.21. The highest BCUT2D eigenvalue weighted by Crippen LogP contribution is 2.25. The number of aryl methyl sites for hydroxylation is 1. The number of fused-ring (bicyclic) bond motifs is 1. The van der Waals surface area contributed by atoms with Crippen LogP contribution in [0, 0.1) is 0 Å². The van der Waals surface area contributed by atoms with E-state index < -0.39 is 0 Å². The lowest BCUT2D eigenvalue weighted by molar-refractivity contribution is 0.800. The predicted molar refractivity (Wildman–Crippen MR) is 77.5 cm³/mol. The summed E-state index contributed by atoms with van der Waals surface area (Å²) in [4.78, 5) is 18.0. The van der Waals surface area contributed by atoms with Crippen LogP contribution in [0.25, 0.3) is 5.65 Å². The minimum atomic E-state index is -0.175. The van der Waals surface area contributed by atoms with Crippen LogP contribution < -0.4 is 10.5 Å². The van der Waals surface area contributed by atoms with Crippen molar-refractivity contribution in [1.82, 2.24) is 24.1 Å². The van der Waals surface area contributed by atoms with E-state index >= 15 is 0 Å². The summed E-state index contributed by atoms with van der Waals surface area (Å²) in [6, 6.07) is 0. The third-order valence-electron chi connectivity index (χ3n) is 2.89. The van der Waals surface area contributed by atoms with Gasteiger partial charge >= 0.3 is 0 Å². The van der Waals surface area contributed by atoms with Crippen LogP contribution in [0.1, 0.15) is 5.82 Å². The average Bonchev–Trinajstić information content (AvgIpc) is 3.01. The van der Waals surface area contributed by atoms with Crippen molar-refractivity contribution in [3.8, 4) is 0 Å². The Morgan fingerprint density at radius 1 is 1.40 bits per heavy atom. The van der Waals surface area contributed by atoms with Crippen LogP contribution in [-0.4, -0.2) is 31.2 Å². The summed E-state index contributed by atoms with van der Waals surface area (Å²) >= 11 is 7.26. The number of halogens is 1. The van der Waals surface area contributed by atoms with Gasteiger partial charge in [0, 0.05) is 26.5 Å². The number of nitrogens with zero attached hydrogens (tertiary/aromatic N) is 6. The van der Waals surface area contributed by atoms with Crippen LogP contribution in [0.2, 0.25) is 4.34 Å². The number of aromatic nitrogens is 5. The fourth-order valence-corrected chi connectivity index (χ4v) is 2.69. The third-order valence-corrected chi connectivity index (χ3v) is 4.12. The quantitative estimate of drug-likeness (QED) is 0.726. The highest BCUT2D eigenvalue weighted by molar-refractivity contribution is 7.19. The van der Waals surface area contributed by atoms with Gasteiger partial charge in [-0.2, -0.15) is 0 Å². The van der Waals surface area contributed by atoms with Gasteiger partial charge in [0.05, 0.1) is 12.7 Å². The Labute approximate surface area is 123 Å². The zero-order valence-corrected chi connectivity index (χ0v) is 12.4. The van der Waals surface area contributed by atoms with Crippen molar-refractivity contribution in [2.24, 2.45) is 7.05 Å². The van der Waals surface area contributed by atoms with E-state index in [-0.39, 0.29) is 5.56 Å². The lowest BCUT2D eigenvalue weighted by atomic mass is 10.5. The van der Waals surface area contributed by atoms with E-state index in [1.54, 1.807) is 30.0 Å². The number of thiazole rings is 1. The van der Waals surface area contributed by atoms with Crippen molar-refractivity contribution >= 4 is 33.7 Å². The Kier molecular flexibility index (Phi) is 3.19. The SMILES string of the molecule is CN(Cc1nnc2c(=O)n(C)ccn12)c1ncc(Cl)s1. The van der Waals surface area contributed by atoms with E-state index in [1.165, 1.54) is 15.9 Å². The second-order valence-electron chi connectivity index (χ2n) is 4.33. The molecule has 0 atom stereocenters. The van der Waals surface area contributed by atoms with Crippen LogP contribution >= 0.6 is 22.9 Å². The standard InChI is InChI=1S/C11H11ClN6OS/c1-16-3-4-18-8(14-15-9(18)10(16)19)6-17(2)11-13-5-7(12)20-11/h3-5H,6H2,1-2H3. The summed E-state index contributed by atoms with van der Waals surface area (Å²) in [7, 11) is 3.57. The maximum Gasteiger partial charge on any atom is 0.295 e. The Morgan fingerprint density at radius 3 is 2.90 bits per heavy atom. The first kappa shape index (κ1) is 13.1. The third kappa shape index (κ3) is 2.16. The van der Waals surface area contributed by atoms with Gasteiger partial charge in [-0.05, 0) is 0 Å². The molecule has 3 rings (SSSR count). The molecule has 0 N–H and O–H groups in total. The minimum absolute atomic E-state index is 0.175. The summed E-state index contributed by atoms with van der Waals surface area (Å²) in [5.41, 5.74) is 0.141. The number of hydrogen-bond donors (Lipinski definition) is 0. The van der Waals surface area contributed by atoms with Gasteiger partial charge in [0.15, 0.2) is 11.0 Å². The molecule has 20 heavy (non-hydrogen) atoms. The predicted octanol–water partition coefficient (Wildman–Crippen LogP) is 1.17. The summed E-state index contributed by atoms with van der Waals surface area (Å²) in [5.74, 6) is 0.673. The molecule has 3 aromatic rings. The van der Waals surface area contributed by atoms with E-state index in [0.29, 0.717) is 22.4 Å². The molecule has 0 unspecified atom stereocenters. The van der Waals surface area contributed by atoms with E-state index in [2.05, 4.69) is 15.2 Å². The molecule has 0 saturated carbocycles. The maximum absolute atomic E-state index is 11.9. The zero-order valence-electron chi connectivity index (χ0n) is 10.8. The second-order valence-corrected chi connectivity index (χ2v) is 5.97. The Bertz CT molecular complexity index is 822. The highest BCUT2D eigenvalue weighted by atomic mass is 35.5. The van der Waals surface area contributed by atoms with Crippen LogP contribution in [-0.2, 0) is 13.6 Å². The number of anilines is 1. The van der Waals surface area contributed by atoms with Crippen molar-refractivity contribution in [2.75, 3.05) is 11.9 Å². The first-order valence-electron chi connectivity index (χ1n) is 5.78. The van der Waals surface area contributed by atoms with Gasteiger partial charge in [0.1, 0.15) is 4.34 Å². The van der Waals surface area contributed by atoms with Crippen LogP contribution in [0.3, 0.4) is 0 Å². The summed E-state index contributed by atoms with van der Waals surface area (Å²) in [5, 5.41) is 8.80. The molecule has 0 saturated heterocycles. The van der Waals surface area contributed by atoms with Crippen molar-refractivity contribution in [2.45, 2.75) is 6.54 Å². The molecule has 0 bridgehead atoms. The monoisotopic (exact) mass is 310 g/mol. The van der Waals surface area contributed by atoms with Gasteiger partial charge < -0.3 is 9.47 Å². The lowest BCUT2D eigenvalue weighted by Gasteiger charge is -2.13. The fraction of sp³-hybridized carbons (Fsp3) is 0.273. The van der Waals surface area contributed by atoms with Gasteiger partial charge in [0.2, 0.25) is 5.65 Å². The second kappa shape index (κ2) is 4.88. The van der Waals surface area contributed by atoms with Crippen molar-refractivity contribution in [3.05, 3.63) is 39.1 Å². The van der Waals surface area contributed by atoms with E-state index in [4.69, 9.17) is 11.6 Å². The van der Waals surface area contributed by atoms with E-state index in [1.807, 2.05) is 11.9 Å². The Morgan fingerprint density at radius 2 is 2.20 bits per heavy atom. The number of hydrogen-bond acceptors (Lipinski definition) is 6. The van der Waals surface area contributed by atoms with Crippen LogP contribution in [0.5, 0.6) is 0 Å². The molecule has 3 heterocycles. The zero-order chi connectivity index (χ0) is 14.3. The Balaban J connectivity index is 1.95. The first-order chi connectivity index (χ1) is 9.56. The molecule has 3 aromatic heterocycles. The molecular weight excluding hydrogens is 300 g/mol. The largest absolute Gasteiger partial charge is 0.344 e. The average molecular weight is 311 g/mol. The summed E-state index contributed by atoms with van der Waals surface area (Å²) in [6.45, 7) is 0.484. The highest BCUT2D eigenvalue weighted by Gasteiger charge is 2.13.